The number of nitro benzene ring substituents is 1. The van der Waals surface area contributed by atoms with Crippen molar-refractivity contribution in [1.29, 1.82) is 0 Å². The first-order valence-corrected chi connectivity index (χ1v) is 9.68. The quantitative estimate of drug-likeness (QED) is 0.622. The van der Waals surface area contributed by atoms with Crippen LogP contribution in [0.1, 0.15) is 12.6 Å². The molecule has 1 aromatic heterocycles. The number of nitro groups is 1. The average molecular weight is 364 g/mol. The summed E-state index contributed by atoms with van der Waals surface area (Å²) in [6.07, 6.45) is 0. The van der Waals surface area contributed by atoms with Gasteiger partial charge in [-0.1, -0.05) is 0 Å². The van der Waals surface area contributed by atoms with Gasteiger partial charge in [-0.25, -0.2) is 12.7 Å². The second-order valence-electron chi connectivity index (χ2n) is 6.23. The molecule has 9 heteroatoms. The second-order valence-corrected chi connectivity index (χ2v) is 8.49. The van der Waals surface area contributed by atoms with Crippen molar-refractivity contribution in [3.63, 3.8) is 0 Å². The monoisotopic (exact) mass is 364 g/mol. The molecule has 1 saturated heterocycles. The average Bonchev–Trinajstić information content (AvgIpc) is 2.52. The lowest BCUT2D eigenvalue weighted by Crippen LogP contribution is -2.52. The van der Waals surface area contributed by atoms with E-state index in [1.54, 1.807) is 13.0 Å². The van der Waals surface area contributed by atoms with Gasteiger partial charge >= 0.3 is 0 Å². The molecule has 1 aromatic carbocycles. The molecule has 1 N–H and O–H groups in total. The Bertz CT molecular complexity index is 923. The summed E-state index contributed by atoms with van der Waals surface area (Å²) in [6, 6.07) is 6.45. The van der Waals surface area contributed by atoms with Crippen molar-refractivity contribution in [3.8, 4) is 0 Å². The number of fused-ring (bicyclic) bond motifs is 1. The fraction of sp³-hybridized carbons (Fsp3) is 0.438. The van der Waals surface area contributed by atoms with E-state index in [1.165, 1.54) is 16.4 Å². The smallest absolute Gasteiger partial charge is 0.270 e. The molecule has 3 rings (SSSR count). The number of nitrogens with one attached hydrogen (secondary N) is 1. The molecule has 0 radical (unpaired) electrons. The fourth-order valence-electron chi connectivity index (χ4n) is 2.92. The number of aryl methyl sites for hydroxylation is 1. The zero-order valence-corrected chi connectivity index (χ0v) is 14.9. The SMILES string of the molecule is CCS(=O)(=O)N1CC(CNc2cc(C)nc3ccc([N+](=O)[O-])cc23)C1. The summed E-state index contributed by atoms with van der Waals surface area (Å²) in [5.74, 6) is 0.342. The number of non-ortho nitro benzene ring substituents is 1. The number of aromatic nitrogens is 1. The molecule has 0 atom stereocenters. The van der Waals surface area contributed by atoms with E-state index in [0.717, 1.165) is 11.4 Å². The minimum atomic E-state index is -3.11. The molecule has 0 amide bonds. The van der Waals surface area contributed by atoms with Gasteiger partial charge in [0.2, 0.25) is 10.0 Å². The van der Waals surface area contributed by atoms with E-state index in [2.05, 4.69) is 10.3 Å². The van der Waals surface area contributed by atoms with Crippen molar-refractivity contribution < 1.29 is 13.3 Å². The van der Waals surface area contributed by atoms with Gasteiger partial charge in [0.05, 0.1) is 16.2 Å². The highest BCUT2D eigenvalue weighted by Crippen LogP contribution is 2.28. The number of benzene rings is 1. The molecule has 1 aliphatic rings. The van der Waals surface area contributed by atoms with Crippen LogP contribution in [0.3, 0.4) is 0 Å². The number of nitrogens with zero attached hydrogens (tertiary/aromatic N) is 3. The van der Waals surface area contributed by atoms with Gasteiger partial charge in [0, 0.05) is 54.5 Å². The van der Waals surface area contributed by atoms with E-state index < -0.39 is 14.9 Å². The van der Waals surface area contributed by atoms with Gasteiger partial charge in [-0.3, -0.25) is 15.1 Å². The van der Waals surface area contributed by atoms with Crippen molar-refractivity contribution in [2.45, 2.75) is 13.8 Å². The zero-order valence-electron chi connectivity index (χ0n) is 14.1. The fourth-order valence-corrected chi connectivity index (χ4v) is 4.16. The normalized spacial score (nSPS) is 15.9. The Morgan fingerprint density at radius 2 is 2.08 bits per heavy atom. The predicted molar refractivity (Wildman–Crippen MR) is 96.1 cm³/mol. The Morgan fingerprint density at radius 3 is 2.72 bits per heavy atom. The summed E-state index contributed by atoms with van der Waals surface area (Å²) in [5.41, 5.74) is 2.30. The van der Waals surface area contributed by atoms with Crippen LogP contribution in [-0.2, 0) is 10.0 Å². The number of sulfonamides is 1. The second kappa shape index (κ2) is 6.57. The molecular weight excluding hydrogens is 344 g/mol. The molecule has 8 nitrogen and oxygen atoms in total. The van der Waals surface area contributed by atoms with E-state index in [9.17, 15) is 18.5 Å². The lowest BCUT2D eigenvalue weighted by molar-refractivity contribution is -0.384. The highest BCUT2D eigenvalue weighted by atomic mass is 32.2. The van der Waals surface area contributed by atoms with Gasteiger partial charge in [0.1, 0.15) is 0 Å². The first-order chi connectivity index (χ1) is 11.8. The van der Waals surface area contributed by atoms with E-state index in [0.29, 0.717) is 30.5 Å². The predicted octanol–water partition coefficient (Wildman–Crippen LogP) is 2.14. The minimum Gasteiger partial charge on any atom is -0.384 e. The maximum absolute atomic E-state index is 11.8. The summed E-state index contributed by atoms with van der Waals surface area (Å²) in [5, 5.41) is 15.0. The van der Waals surface area contributed by atoms with Crippen LogP contribution in [-0.4, -0.2) is 48.0 Å². The van der Waals surface area contributed by atoms with Crippen LogP contribution in [0.15, 0.2) is 24.3 Å². The Morgan fingerprint density at radius 1 is 1.36 bits per heavy atom. The van der Waals surface area contributed by atoms with Gasteiger partial charge in [0.25, 0.3) is 5.69 Å². The van der Waals surface area contributed by atoms with Crippen LogP contribution in [0.25, 0.3) is 10.9 Å². The molecule has 0 bridgehead atoms. The summed E-state index contributed by atoms with van der Waals surface area (Å²) in [7, 11) is -3.11. The molecule has 25 heavy (non-hydrogen) atoms. The zero-order chi connectivity index (χ0) is 18.2. The van der Waals surface area contributed by atoms with Crippen LogP contribution >= 0.6 is 0 Å². The van der Waals surface area contributed by atoms with Gasteiger partial charge in [0.15, 0.2) is 0 Å². The number of hydrogen-bond donors (Lipinski definition) is 1. The standard InChI is InChI=1S/C16H20N4O4S/c1-3-25(23,24)19-9-12(10-19)8-17-16-6-11(2)18-15-5-4-13(20(21)22)7-14(15)16/h4-7,12H,3,8-10H2,1-2H3,(H,17,18). The number of anilines is 1. The highest BCUT2D eigenvalue weighted by molar-refractivity contribution is 7.89. The number of hydrogen-bond acceptors (Lipinski definition) is 6. The van der Waals surface area contributed by atoms with Crippen molar-refractivity contribution in [2.75, 3.05) is 30.7 Å². The van der Waals surface area contributed by atoms with Crippen molar-refractivity contribution in [3.05, 3.63) is 40.1 Å². The maximum atomic E-state index is 11.8. The van der Waals surface area contributed by atoms with Crippen LogP contribution in [0.5, 0.6) is 0 Å². The summed E-state index contributed by atoms with van der Waals surface area (Å²) in [4.78, 5) is 15.0. The molecule has 0 saturated carbocycles. The lowest BCUT2D eigenvalue weighted by Gasteiger charge is -2.38. The lowest BCUT2D eigenvalue weighted by atomic mass is 10.0. The third-order valence-electron chi connectivity index (χ3n) is 4.39. The van der Waals surface area contributed by atoms with Crippen LogP contribution in [0, 0.1) is 23.0 Å². The Kier molecular flexibility index (Phi) is 4.61. The molecule has 2 heterocycles. The molecule has 1 aliphatic heterocycles. The van der Waals surface area contributed by atoms with Crippen molar-refractivity contribution >= 4 is 32.3 Å². The Labute approximate surface area is 146 Å². The molecule has 0 aliphatic carbocycles. The van der Waals surface area contributed by atoms with Crippen molar-refractivity contribution in [1.82, 2.24) is 9.29 Å². The van der Waals surface area contributed by atoms with Gasteiger partial charge in [-0.15, -0.1) is 0 Å². The van der Waals surface area contributed by atoms with E-state index >= 15 is 0 Å². The maximum Gasteiger partial charge on any atom is 0.270 e. The largest absolute Gasteiger partial charge is 0.384 e. The van der Waals surface area contributed by atoms with Crippen LogP contribution in [0.4, 0.5) is 11.4 Å². The summed E-state index contributed by atoms with van der Waals surface area (Å²) in [6.45, 7) is 5.12. The number of rotatable bonds is 6. The molecule has 2 aromatic rings. The Balaban J connectivity index is 1.75. The van der Waals surface area contributed by atoms with Gasteiger partial charge in [-0.05, 0) is 26.0 Å². The molecule has 1 fully saturated rings. The molecule has 0 unspecified atom stereocenters. The van der Waals surface area contributed by atoms with Crippen LogP contribution < -0.4 is 5.32 Å². The summed E-state index contributed by atoms with van der Waals surface area (Å²) < 4.78 is 25.0. The van der Waals surface area contributed by atoms with E-state index in [-0.39, 0.29) is 17.4 Å². The van der Waals surface area contributed by atoms with Crippen molar-refractivity contribution in [2.24, 2.45) is 5.92 Å². The summed E-state index contributed by atoms with van der Waals surface area (Å²) >= 11 is 0. The van der Waals surface area contributed by atoms with Crippen LogP contribution in [0.2, 0.25) is 0 Å². The molecule has 0 spiro atoms. The third-order valence-corrected chi connectivity index (χ3v) is 6.21. The molecule has 134 valence electrons. The first-order valence-electron chi connectivity index (χ1n) is 8.07. The van der Waals surface area contributed by atoms with E-state index in [1.807, 2.05) is 13.0 Å². The first kappa shape index (κ1) is 17.6. The molecular formula is C16H20N4O4S. The Hall–Kier alpha value is -2.26. The number of pyridine rings is 1. The van der Waals surface area contributed by atoms with Gasteiger partial charge < -0.3 is 5.32 Å². The minimum absolute atomic E-state index is 0.0186. The third kappa shape index (κ3) is 3.57. The van der Waals surface area contributed by atoms with E-state index in [4.69, 9.17) is 0 Å². The van der Waals surface area contributed by atoms with Gasteiger partial charge in [-0.2, -0.15) is 0 Å². The topological polar surface area (TPSA) is 105 Å². The highest BCUT2D eigenvalue weighted by Gasteiger charge is 2.34.